The summed E-state index contributed by atoms with van der Waals surface area (Å²) in [5, 5.41) is 14.5. The molecule has 6 nitrogen and oxygen atoms in total. The number of hydrogen-bond donors (Lipinski definition) is 1. The maximum Gasteiger partial charge on any atom is 0.276 e. The molecule has 2 heterocycles. The second-order valence-corrected chi connectivity index (χ2v) is 7.70. The molecule has 0 bridgehead atoms. The lowest BCUT2D eigenvalue weighted by Gasteiger charge is -2.40. The molecule has 2 aromatic carbocycles. The first-order valence-corrected chi connectivity index (χ1v) is 8.89. The first-order chi connectivity index (χ1) is 12.8. The second-order valence-electron chi connectivity index (χ2n) is 7.70. The van der Waals surface area contributed by atoms with Crippen molar-refractivity contribution in [3.8, 4) is 0 Å². The van der Waals surface area contributed by atoms with Gasteiger partial charge >= 0.3 is 0 Å². The van der Waals surface area contributed by atoms with Gasteiger partial charge in [0.15, 0.2) is 0 Å². The lowest BCUT2D eigenvalue weighted by atomic mass is 9.75. The molecule has 1 fully saturated rings. The van der Waals surface area contributed by atoms with Gasteiger partial charge in [0.05, 0.1) is 17.0 Å². The molecule has 0 aliphatic carbocycles. The zero-order chi connectivity index (χ0) is 19.4. The van der Waals surface area contributed by atoms with Crippen molar-refractivity contribution in [3.05, 3.63) is 75.3 Å². The highest BCUT2D eigenvalue weighted by Crippen LogP contribution is 2.53. The van der Waals surface area contributed by atoms with Crippen LogP contribution in [-0.4, -0.2) is 23.0 Å². The summed E-state index contributed by atoms with van der Waals surface area (Å²) in [7, 11) is 0. The topological polar surface area (TPSA) is 75.5 Å². The van der Waals surface area contributed by atoms with Crippen LogP contribution >= 0.6 is 0 Å². The van der Waals surface area contributed by atoms with E-state index >= 15 is 0 Å². The average Bonchev–Trinajstić information content (AvgIpc) is 3.04. The van der Waals surface area contributed by atoms with E-state index in [4.69, 9.17) is 0 Å². The highest BCUT2D eigenvalue weighted by Gasteiger charge is 2.59. The van der Waals surface area contributed by atoms with Gasteiger partial charge in [-0.05, 0) is 36.8 Å². The van der Waals surface area contributed by atoms with Crippen LogP contribution in [0.3, 0.4) is 0 Å². The maximum atomic E-state index is 12.3. The van der Waals surface area contributed by atoms with Crippen LogP contribution in [0.15, 0.2) is 48.5 Å². The van der Waals surface area contributed by atoms with Crippen LogP contribution in [-0.2, 0) is 10.2 Å². The van der Waals surface area contributed by atoms with E-state index in [-0.39, 0.29) is 23.1 Å². The summed E-state index contributed by atoms with van der Waals surface area (Å²) in [4.78, 5) is 25.3. The third-order valence-corrected chi connectivity index (χ3v) is 5.76. The molecule has 0 saturated carbocycles. The minimum absolute atomic E-state index is 0.0465. The normalized spacial score (nSPS) is 22.6. The van der Waals surface area contributed by atoms with Crippen molar-refractivity contribution in [3.63, 3.8) is 0 Å². The summed E-state index contributed by atoms with van der Waals surface area (Å²) in [6.07, 6.45) is 3.65. The zero-order valence-corrected chi connectivity index (χ0v) is 15.5. The van der Waals surface area contributed by atoms with Crippen molar-refractivity contribution in [2.75, 3.05) is 11.4 Å². The summed E-state index contributed by atoms with van der Waals surface area (Å²) in [5.41, 5.74) is 2.74. The van der Waals surface area contributed by atoms with Gasteiger partial charge in [-0.15, -0.1) is 0 Å². The van der Waals surface area contributed by atoms with Gasteiger partial charge < -0.3 is 10.2 Å². The van der Waals surface area contributed by atoms with Crippen LogP contribution in [0.4, 0.5) is 11.4 Å². The molecule has 4 rings (SSSR count). The quantitative estimate of drug-likeness (QED) is 0.668. The molecule has 1 unspecified atom stereocenters. The predicted octanol–water partition coefficient (Wildman–Crippen LogP) is 3.54. The fourth-order valence-electron chi connectivity index (χ4n) is 4.29. The number of carbonyl (C=O) groups excluding carboxylic acids is 1. The summed E-state index contributed by atoms with van der Waals surface area (Å²) >= 11 is 0. The fraction of sp³-hybridized carbons (Fsp3) is 0.286. The van der Waals surface area contributed by atoms with E-state index in [1.807, 2.05) is 25.1 Å². The summed E-state index contributed by atoms with van der Waals surface area (Å²) in [6, 6.07) is 12.9. The number of amides is 1. The van der Waals surface area contributed by atoms with Crippen molar-refractivity contribution in [2.24, 2.45) is 0 Å². The van der Waals surface area contributed by atoms with E-state index in [9.17, 15) is 14.9 Å². The molecule has 0 aromatic heterocycles. The van der Waals surface area contributed by atoms with E-state index in [1.165, 1.54) is 6.07 Å². The minimum atomic E-state index is -0.760. The van der Waals surface area contributed by atoms with Gasteiger partial charge in [-0.3, -0.25) is 14.9 Å². The molecule has 1 saturated heterocycles. The molecule has 2 aliphatic heterocycles. The number of aryl methyl sites for hydroxylation is 1. The number of nitro benzene ring substituents is 1. The molecule has 1 amide bonds. The Bertz CT molecular complexity index is 996. The number of nitrogens with one attached hydrogen (secondary N) is 1. The Labute approximate surface area is 157 Å². The highest BCUT2D eigenvalue weighted by atomic mass is 16.6. The molecule has 0 spiro atoms. The van der Waals surface area contributed by atoms with Gasteiger partial charge in [0.1, 0.15) is 5.66 Å². The lowest BCUT2D eigenvalue weighted by Crippen LogP contribution is -2.58. The van der Waals surface area contributed by atoms with Crippen molar-refractivity contribution >= 4 is 23.4 Å². The van der Waals surface area contributed by atoms with E-state index in [1.54, 1.807) is 24.3 Å². The smallest absolute Gasteiger partial charge is 0.276 e. The number of nitrogens with zero attached hydrogens (tertiary/aromatic N) is 2. The molecule has 2 aromatic rings. The minimum Gasteiger partial charge on any atom is -0.335 e. The Hall–Kier alpha value is -3.15. The summed E-state index contributed by atoms with van der Waals surface area (Å²) in [5.74, 6) is -0.0542. The third kappa shape index (κ3) is 2.36. The number of carbonyl (C=O) groups is 1. The molecular formula is C21H21N3O3. The molecule has 1 atom stereocenters. The maximum absolute atomic E-state index is 12.3. The van der Waals surface area contributed by atoms with Gasteiger partial charge in [0.2, 0.25) is 5.91 Å². The lowest BCUT2D eigenvalue weighted by molar-refractivity contribution is -0.385. The summed E-state index contributed by atoms with van der Waals surface area (Å²) < 4.78 is 0. The van der Waals surface area contributed by atoms with E-state index in [0.29, 0.717) is 5.56 Å². The Kier molecular flexibility index (Phi) is 3.63. The Morgan fingerprint density at radius 1 is 1.22 bits per heavy atom. The number of para-hydroxylation sites is 1. The van der Waals surface area contributed by atoms with Crippen LogP contribution in [0.2, 0.25) is 0 Å². The van der Waals surface area contributed by atoms with Crippen LogP contribution in [0.25, 0.3) is 6.08 Å². The van der Waals surface area contributed by atoms with Crippen LogP contribution in [0.5, 0.6) is 0 Å². The first-order valence-electron chi connectivity index (χ1n) is 8.89. The molecule has 0 radical (unpaired) electrons. The second kappa shape index (κ2) is 5.67. The number of nitro groups is 1. The van der Waals surface area contributed by atoms with Crippen molar-refractivity contribution < 1.29 is 9.72 Å². The van der Waals surface area contributed by atoms with Crippen molar-refractivity contribution in [1.82, 2.24) is 5.32 Å². The first kappa shape index (κ1) is 17.3. The van der Waals surface area contributed by atoms with Gasteiger partial charge in [0, 0.05) is 17.2 Å². The SMILES string of the molecule is Cc1ccc2c(c1)C(C)(C)C1(/C=C/c3ccccc3[N+](=O)[O-])NC(=O)CN21. The Balaban J connectivity index is 1.86. The molecular weight excluding hydrogens is 342 g/mol. The number of hydrogen-bond acceptors (Lipinski definition) is 4. The van der Waals surface area contributed by atoms with E-state index in [0.717, 1.165) is 16.8 Å². The fourth-order valence-corrected chi connectivity index (χ4v) is 4.29. The Morgan fingerprint density at radius 3 is 2.70 bits per heavy atom. The molecule has 138 valence electrons. The van der Waals surface area contributed by atoms with E-state index < -0.39 is 11.1 Å². The zero-order valence-electron chi connectivity index (χ0n) is 15.5. The number of fused-ring (bicyclic) bond motifs is 3. The van der Waals surface area contributed by atoms with Crippen LogP contribution in [0, 0.1) is 17.0 Å². The number of anilines is 1. The van der Waals surface area contributed by atoms with Crippen molar-refractivity contribution in [1.29, 1.82) is 0 Å². The highest BCUT2D eigenvalue weighted by molar-refractivity contribution is 5.91. The molecule has 6 heteroatoms. The average molecular weight is 363 g/mol. The van der Waals surface area contributed by atoms with Gasteiger partial charge in [-0.2, -0.15) is 0 Å². The molecule has 2 aliphatic rings. The Morgan fingerprint density at radius 2 is 1.96 bits per heavy atom. The van der Waals surface area contributed by atoms with Crippen molar-refractivity contribution in [2.45, 2.75) is 31.8 Å². The number of rotatable bonds is 3. The van der Waals surface area contributed by atoms with Crippen LogP contribution < -0.4 is 10.2 Å². The van der Waals surface area contributed by atoms with Gasteiger partial charge in [-0.25, -0.2) is 0 Å². The third-order valence-electron chi connectivity index (χ3n) is 5.76. The van der Waals surface area contributed by atoms with Gasteiger partial charge in [0.25, 0.3) is 5.69 Å². The van der Waals surface area contributed by atoms with E-state index in [2.05, 4.69) is 30.1 Å². The molecule has 1 N–H and O–H groups in total. The monoisotopic (exact) mass is 363 g/mol. The van der Waals surface area contributed by atoms with Crippen LogP contribution in [0.1, 0.15) is 30.5 Å². The standard InChI is InChI=1S/C21H21N3O3/c1-14-8-9-18-16(12-14)20(2,3)21(22-19(25)13-23(18)21)11-10-15-6-4-5-7-17(15)24(26)27/h4-12H,13H2,1-3H3,(H,22,25)/b11-10+. The summed E-state index contributed by atoms with van der Waals surface area (Å²) in [6.45, 7) is 6.51. The van der Waals surface area contributed by atoms with Gasteiger partial charge in [-0.1, -0.05) is 43.7 Å². The largest absolute Gasteiger partial charge is 0.335 e. The number of benzene rings is 2. The molecule has 27 heavy (non-hydrogen) atoms. The predicted molar refractivity (Wildman–Crippen MR) is 105 cm³/mol.